The number of nitrogens with one attached hydrogen (secondary N) is 2. The molecule has 1 atom stereocenters. The molecule has 0 spiro atoms. The topological polar surface area (TPSA) is 81.9 Å². The number of pyridine rings is 1. The minimum Gasteiger partial charge on any atom is -0.347 e. The van der Waals surface area contributed by atoms with Crippen LogP contribution >= 0.6 is 0 Å². The van der Waals surface area contributed by atoms with E-state index < -0.39 is 0 Å². The molecule has 0 saturated heterocycles. The van der Waals surface area contributed by atoms with Crippen LogP contribution in [0.1, 0.15) is 39.6 Å². The number of carbonyl (C=O) groups excluding carboxylic acids is 1. The lowest BCUT2D eigenvalue weighted by Crippen LogP contribution is -2.38. The fourth-order valence-corrected chi connectivity index (χ4v) is 3.51. The number of imidazole rings is 1. The number of benzene rings is 1. The Morgan fingerprint density at radius 2 is 2.00 bits per heavy atom. The predicted molar refractivity (Wildman–Crippen MR) is 97.9 cm³/mol. The first-order valence-electron chi connectivity index (χ1n) is 8.75. The summed E-state index contributed by atoms with van der Waals surface area (Å²) in [5, 5.41) is 0. The molecule has 1 unspecified atom stereocenters. The minimum atomic E-state index is -0.211. The van der Waals surface area contributed by atoms with Gasteiger partial charge in [0.1, 0.15) is 0 Å². The molecule has 1 aromatic carbocycles. The summed E-state index contributed by atoms with van der Waals surface area (Å²) in [6.07, 6.45) is 5.05. The monoisotopic (exact) mass is 348 g/mol. The summed E-state index contributed by atoms with van der Waals surface area (Å²) in [6.45, 7) is 1.14. The van der Waals surface area contributed by atoms with Gasteiger partial charge in [-0.05, 0) is 24.5 Å². The second-order valence-electron chi connectivity index (χ2n) is 6.61. The number of rotatable bonds is 4. The van der Waals surface area contributed by atoms with Crippen molar-refractivity contribution in [2.45, 2.75) is 25.3 Å². The maximum atomic E-state index is 12.8. The fourth-order valence-electron chi connectivity index (χ4n) is 3.51. The average Bonchev–Trinajstić information content (AvgIpc) is 3.16. The van der Waals surface area contributed by atoms with Gasteiger partial charge in [-0.3, -0.25) is 9.59 Å². The van der Waals surface area contributed by atoms with Crippen LogP contribution in [0.3, 0.4) is 0 Å². The molecule has 3 aromatic rings. The van der Waals surface area contributed by atoms with Crippen molar-refractivity contribution >= 4 is 5.91 Å². The summed E-state index contributed by atoms with van der Waals surface area (Å²) >= 11 is 0. The van der Waals surface area contributed by atoms with Gasteiger partial charge in [0, 0.05) is 24.7 Å². The SMILES string of the molecule is O=C(c1ccc(=O)[nH]c1)N1Cc2[nH]cnc2C(CCc2ccccc2)C1. The van der Waals surface area contributed by atoms with E-state index in [-0.39, 0.29) is 17.4 Å². The van der Waals surface area contributed by atoms with Gasteiger partial charge in [-0.1, -0.05) is 30.3 Å². The molecule has 2 aromatic heterocycles. The number of aromatic amines is 2. The molecule has 3 heterocycles. The molecule has 1 amide bonds. The Bertz CT molecular complexity index is 941. The number of amides is 1. The standard InChI is InChI=1S/C20H20N4O2/c25-18-9-8-15(10-21-18)20(26)24-11-16(19-17(12-24)22-13-23-19)7-6-14-4-2-1-3-5-14/h1-5,8-10,13,16H,6-7,11-12H2,(H,21,25)(H,22,23). The Kier molecular flexibility index (Phi) is 4.39. The molecule has 0 bridgehead atoms. The van der Waals surface area contributed by atoms with E-state index in [0.717, 1.165) is 24.2 Å². The maximum absolute atomic E-state index is 12.8. The molecule has 6 heteroatoms. The van der Waals surface area contributed by atoms with E-state index in [1.165, 1.54) is 17.8 Å². The normalized spacial score (nSPS) is 16.3. The summed E-state index contributed by atoms with van der Waals surface area (Å²) in [7, 11) is 0. The molecule has 0 radical (unpaired) electrons. The molecule has 1 aliphatic heterocycles. The third-order valence-electron chi connectivity index (χ3n) is 4.87. The molecule has 6 nitrogen and oxygen atoms in total. The Morgan fingerprint density at radius 1 is 1.15 bits per heavy atom. The van der Waals surface area contributed by atoms with Gasteiger partial charge in [0.15, 0.2) is 0 Å². The lowest BCUT2D eigenvalue weighted by molar-refractivity contribution is 0.0711. The van der Waals surface area contributed by atoms with Crippen LogP contribution in [0.4, 0.5) is 0 Å². The molecule has 26 heavy (non-hydrogen) atoms. The van der Waals surface area contributed by atoms with Crippen LogP contribution in [-0.4, -0.2) is 32.3 Å². The van der Waals surface area contributed by atoms with Crippen molar-refractivity contribution in [3.8, 4) is 0 Å². The van der Waals surface area contributed by atoms with Crippen molar-refractivity contribution in [3.63, 3.8) is 0 Å². The quantitative estimate of drug-likeness (QED) is 0.760. The maximum Gasteiger partial charge on any atom is 0.255 e. The van der Waals surface area contributed by atoms with Crippen molar-refractivity contribution in [2.75, 3.05) is 6.54 Å². The first-order chi connectivity index (χ1) is 12.7. The highest BCUT2D eigenvalue weighted by Crippen LogP contribution is 2.30. The number of aromatic nitrogens is 3. The second-order valence-corrected chi connectivity index (χ2v) is 6.61. The van der Waals surface area contributed by atoms with Gasteiger partial charge >= 0.3 is 0 Å². The molecular weight excluding hydrogens is 328 g/mol. The molecule has 2 N–H and O–H groups in total. The first kappa shape index (κ1) is 16.3. The van der Waals surface area contributed by atoms with E-state index in [0.29, 0.717) is 18.7 Å². The summed E-state index contributed by atoms with van der Waals surface area (Å²) < 4.78 is 0. The predicted octanol–water partition coefficient (Wildman–Crippen LogP) is 2.47. The number of fused-ring (bicyclic) bond motifs is 1. The number of nitrogens with zero attached hydrogens (tertiary/aromatic N) is 2. The van der Waals surface area contributed by atoms with E-state index in [1.807, 2.05) is 23.1 Å². The Morgan fingerprint density at radius 3 is 2.77 bits per heavy atom. The van der Waals surface area contributed by atoms with E-state index in [2.05, 4.69) is 27.1 Å². The summed E-state index contributed by atoms with van der Waals surface area (Å²) in [5.74, 6) is 0.114. The largest absolute Gasteiger partial charge is 0.347 e. The highest BCUT2D eigenvalue weighted by molar-refractivity contribution is 5.94. The van der Waals surface area contributed by atoms with Crippen molar-refractivity contribution in [2.24, 2.45) is 0 Å². The van der Waals surface area contributed by atoms with Crippen molar-refractivity contribution in [3.05, 3.63) is 87.9 Å². The molecule has 1 aliphatic rings. The Labute approximate surface area is 150 Å². The van der Waals surface area contributed by atoms with Crippen LogP contribution in [0.2, 0.25) is 0 Å². The zero-order valence-electron chi connectivity index (χ0n) is 14.3. The van der Waals surface area contributed by atoms with Gasteiger partial charge in [0.05, 0.1) is 29.8 Å². The first-order valence-corrected chi connectivity index (χ1v) is 8.75. The number of H-pyrrole nitrogens is 2. The average molecular weight is 348 g/mol. The number of hydrogen-bond acceptors (Lipinski definition) is 3. The van der Waals surface area contributed by atoms with Crippen molar-refractivity contribution in [1.29, 1.82) is 0 Å². The van der Waals surface area contributed by atoms with Gasteiger partial charge in [-0.15, -0.1) is 0 Å². The van der Waals surface area contributed by atoms with E-state index >= 15 is 0 Å². The third-order valence-corrected chi connectivity index (χ3v) is 4.87. The van der Waals surface area contributed by atoms with Crippen molar-refractivity contribution in [1.82, 2.24) is 19.9 Å². The lowest BCUT2D eigenvalue weighted by atomic mass is 9.91. The zero-order valence-corrected chi connectivity index (χ0v) is 14.3. The van der Waals surface area contributed by atoms with Gasteiger partial charge in [-0.25, -0.2) is 4.98 Å². The smallest absolute Gasteiger partial charge is 0.255 e. The summed E-state index contributed by atoms with van der Waals surface area (Å²) in [5.41, 5.74) is 3.62. The van der Waals surface area contributed by atoms with E-state index in [9.17, 15) is 9.59 Å². The third kappa shape index (κ3) is 3.31. The van der Waals surface area contributed by atoms with Crippen LogP contribution in [0.5, 0.6) is 0 Å². The fraction of sp³-hybridized carbons (Fsp3) is 0.250. The van der Waals surface area contributed by atoms with E-state index in [4.69, 9.17) is 0 Å². The van der Waals surface area contributed by atoms with Gasteiger partial charge in [0.2, 0.25) is 5.56 Å². The zero-order chi connectivity index (χ0) is 17.9. The molecule has 0 fully saturated rings. The highest BCUT2D eigenvalue weighted by atomic mass is 16.2. The Hall–Kier alpha value is -3.15. The van der Waals surface area contributed by atoms with Crippen LogP contribution in [0, 0.1) is 0 Å². The van der Waals surface area contributed by atoms with Gasteiger partial charge < -0.3 is 14.9 Å². The van der Waals surface area contributed by atoms with Crippen LogP contribution in [0.15, 0.2) is 59.8 Å². The highest BCUT2D eigenvalue weighted by Gasteiger charge is 2.30. The second kappa shape index (κ2) is 7.00. The van der Waals surface area contributed by atoms with Gasteiger partial charge in [-0.2, -0.15) is 0 Å². The lowest BCUT2D eigenvalue weighted by Gasteiger charge is -2.32. The number of carbonyl (C=O) groups is 1. The minimum absolute atomic E-state index is 0.0776. The van der Waals surface area contributed by atoms with Gasteiger partial charge in [0.25, 0.3) is 5.91 Å². The van der Waals surface area contributed by atoms with Crippen LogP contribution in [0.25, 0.3) is 0 Å². The number of hydrogen-bond donors (Lipinski definition) is 2. The van der Waals surface area contributed by atoms with Crippen LogP contribution < -0.4 is 5.56 Å². The van der Waals surface area contributed by atoms with Crippen LogP contribution in [-0.2, 0) is 13.0 Å². The molecule has 0 aliphatic carbocycles. The summed E-state index contributed by atoms with van der Waals surface area (Å²) in [6, 6.07) is 13.3. The molecule has 132 valence electrons. The molecule has 4 rings (SSSR count). The summed E-state index contributed by atoms with van der Waals surface area (Å²) in [4.78, 5) is 36.1. The van der Waals surface area contributed by atoms with E-state index in [1.54, 1.807) is 12.4 Å². The molecular formula is C20H20N4O2. The molecule has 0 saturated carbocycles. The number of aryl methyl sites for hydroxylation is 1. The van der Waals surface area contributed by atoms with Crippen molar-refractivity contribution < 1.29 is 4.79 Å². The Balaban J connectivity index is 1.53.